The molecule has 0 saturated heterocycles. The third kappa shape index (κ3) is 3.86. The molecule has 1 aromatic rings. The average molecular weight is 325 g/mol. The van der Waals surface area contributed by atoms with Crippen LogP contribution in [0.5, 0.6) is 0 Å². The van der Waals surface area contributed by atoms with Crippen LogP contribution in [0, 0.1) is 23.5 Å². The van der Waals surface area contributed by atoms with Crippen molar-refractivity contribution in [3.63, 3.8) is 0 Å². The van der Waals surface area contributed by atoms with E-state index in [2.05, 4.69) is 0 Å². The molecular formula is C17H21F2NO3. The summed E-state index contributed by atoms with van der Waals surface area (Å²) in [6.07, 6.45) is 2.20. The van der Waals surface area contributed by atoms with E-state index in [1.165, 1.54) is 4.90 Å². The van der Waals surface area contributed by atoms with Gasteiger partial charge in [0.05, 0.1) is 12.0 Å². The fourth-order valence-corrected chi connectivity index (χ4v) is 3.16. The van der Waals surface area contributed by atoms with Gasteiger partial charge in [0.1, 0.15) is 11.6 Å². The molecule has 1 amide bonds. The minimum Gasteiger partial charge on any atom is -0.481 e. The Morgan fingerprint density at radius 2 is 1.91 bits per heavy atom. The van der Waals surface area contributed by atoms with E-state index in [4.69, 9.17) is 5.11 Å². The highest BCUT2D eigenvalue weighted by Gasteiger charge is 2.34. The molecule has 126 valence electrons. The number of carboxylic acid groups (broad SMARTS) is 1. The van der Waals surface area contributed by atoms with Crippen LogP contribution in [0.2, 0.25) is 0 Å². The fourth-order valence-electron chi connectivity index (χ4n) is 3.16. The summed E-state index contributed by atoms with van der Waals surface area (Å²) < 4.78 is 27.2. The second-order valence-electron chi connectivity index (χ2n) is 6.19. The Kier molecular flexibility index (Phi) is 5.34. The molecule has 6 heteroatoms. The first-order valence-corrected chi connectivity index (χ1v) is 7.75. The molecule has 0 heterocycles. The van der Waals surface area contributed by atoms with Gasteiger partial charge in [0.25, 0.3) is 0 Å². The van der Waals surface area contributed by atoms with Crippen LogP contribution in [-0.4, -0.2) is 28.9 Å². The predicted molar refractivity (Wildman–Crippen MR) is 80.6 cm³/mol. The van der Waals surface area contributed by atoms with Gasteiger partial charge >= 0.3 is 5.97 Å². The van der Waals surface area contributed by atoms with E-state index < -0.39 is 29.6 Å². The molecule has 0 aromatic heterocycles. The smallest absolute Gasteiger partial charge is 0.306 e. The zero-order valence-corrected chi connectivity index (χ0v) is 13.3. The number of halogens is 2. The van der Waals surface area contributed by atoms with Gasteiger partial charge in [0.2, 0.25) is 5.91 Å². The van der Waals surface area contributed by atoms with Crippen molar-refractivity contribution in [2.75, 3.05) is 7.05 Å². The number of hydrogen-bond donors (Lipinski definition) is 1. The average Bonchev–Trinajstić information content (AvgIpc) is 2.55. The van der Waals surface area contributed by atoms with E-state index in [1.54, 1.807) is 14.0 Å². The summed E-state index contributed by atoms with van der Waals surface area (Å²) in [6, 6.07) is 2.54. The van der Waals surface area contributed by atoms with E-state index in [0.29, 0.717) is 25.7 Å². The van der Waals surface area contributed by atoms with Gasteiger partial charge in [-0.15, -0.1) is 0 Å². The van der Waals surface area contributed by atoms with Crippen molar-refractivity contribution in [1.82, 2.24) is 4.90 Å². The molecule has 0 aliphatic heterocycles. The van der Waals surface area contributed by atoms with Gasteiger partial charge in [-0.3, -0.25) is 9.59 Å². The number of benzene rings is 1. The Morgan fingerprint density at radius 1 is 1.26 bits per heavy atom. The second kappa shape index (κ2) is 7.06. The van der Waals surface area contributed by atoms with Crippen molar-refractivity contribution in [3.05, 3.63) is 35.4 Å². The first-order chi connectivity index (χ1) is 10.8. The SMILES string of the molecule is CC(c1cc(F)ccc1F)N(C)C(=O)C1CCCC(C(=O)O)C1. The first kappa shape index (κ1) is 17.4. The molecule has 1 saturated carbocycles. The monoisotopic (exact) mass is 325 g/mol. The van der Waals surface area contributed by atoms with Crippen molar-refractivity contribution in [2.24, 2.45) is 11.8 Å². The number of hydrogen-bond acceptors (Lipinski definition) is 2. The number of carboxylic acids is 1. The normalized spacial score (nSPS) is 22.4. The van der Waals surface area contributed by atoms with E-state index in [0.717, 1.165) is 18.2 Å². The number of amides is 1. The molecule has 1 aliphatic rings. The Hall–Kier alpha value is -1.98. The largest absolute Gasteiger partial charge is 0.481 e. The molecule has 1 aromatic carbocycles. The van der Waals surface area contributed by atoms with Crippen molar-refractivity contribution in [2.45, 2.75) is 38.6 Å². The topological polar surface area (TPSA) is 57.6 Å². The third-order valence-corrected chi connectivity index (χ3v) is 4.71. The lowest BCUT2D eigenvalue weighted by Gasteiger charge is -2.32. The van der Waals surface area contributed by atoms with Crippen molar-refractivity contribution < 1.29 is 23.5 Å². The highest BCUT2D eigenvalue weighted by molar-refractivity contribution is 5.80. The molecule has 23 heavy (non-hydrogen) atoms. The molecule has 3 atom stereocenters. The quantitative estimate of drug-likeness (QED) is 0.923. The van der Waals surface area contributed by atoms with Gasteiger partial charge in [-0.2, -0.15) is 0 Å². The van der Waals surface area contributed by atoms with Crippen LogP contribution in [0.4, 0.5) is 8.78 Å². The molecule has 1 N–H and O–H groups in total. The Bertz CT molecular complexity index is 606. The van der Waals surface area contributed by atoms with Gasteiger partial charge in [-0.25, -0.2) is 8.78 Å². The summed E-state index contributed by atoms with van der Waals surface area (Å²) >= 11 is 0. The van der Waals surface area contributed by atoms with Crippen LogP contribution in [0.3, 0.4) is 0 Å². The fraction of sp³-hybridized carbons (Fsp3) is 0.529. The minimum absolute atomic E-state index is 0.117. The Morgan fingerprint density at radius 3 is 2.57 bits per heavy atom. The highest BCUT2D eigenvalue weighted by atomic mass is 19.1. The summed E-state index contributed by atoms with van der Waals surface area (Å²) in [5.74, 6) is -3.11. The summed E-state index contributed by atoms with van der Waals surface area (Å²) in [5, 5.41) is 9.11. The zero-order chi connectivity index (χ0) is 17.1. The van der Waals surface area contributed by atoms with Crippen LogP contribution in [-0.2, 0) is 9.59 Å². The van der Waals surface area contributed by atoms with E-state index in [1.807, 2.05) is 0 Å². The summed E-state index contributed by atoms with van der Waals surface area (Å²) in [4.78, 5) is 25.1. The second-order valence-corrected chi connectivity index (χ2v) is 6.19. The number of nitrogens with zero attached hydrogens (tertiary/aromatic N) is 1. The number of carbonyl (C=O) groups is 2. The van der Waals surface area contributed by atoms with Crippen LogP contribution in [0.1, 0.15) is 44.2 Å². The lowest BCUT2D eigenvalue weighted by Crippen LogP contribution is -2.38. The molecular weight excluding hydrogens is 304 g/mol. The van der Waals surface area contributed by atoms with Crippen LogP contribution in [0.15, 0.2) is 18.2 Å². The van der Waals surface area contributed by atoms with Crippen LogP contribution >= 0.6 is 0 Å². The van der Waals surface area contributed by atoms with E-state index in [9.17, 15) is 18.4 Å². The van der Waals surface area contributed by atoms with E-state index >= 15 is 0 Å². The Balaban J connectivity index is 2.12. The lowest BCUT2D eigenvalue weighted by molar-refractivity contribution is -0.145. The molecule has 1 aliphatic carbocycles. The van der Waals surface area contributed by atoms with Gasteiger partial charge in [0, 0.05) is 18.5 Å². The lowest BCUT2D eigenvalue weighted by atomic mass is 9.80. The van der Waals surface area contributed by atoms with Gasteiger partial charge < -0.3 is 10.0 Å². The summed E-state index contributed by atoms with van der Waals surface area (Å²) in [7, 11) is 1.54. The zero-order valence-electron chi connectivity index (χ0n) is 13.3. The minimum atomic E-state index is -0.880. The van der Waals surface area contributed by atoms with Crippen molar-refractivity contribution in [1.29, 1.82) is 0 Å². The van der Waals surface area contributed by atoms with Gasteiger partial charge in [0.15, 0.2) is 0 Å². The maximum atomic E-state index is 13.9. The maximum Gasteiger partial charge on any atom is 0.306 e. The molecule has 0 bridgehead atoms. The molecule has 0 spiro atoms. The Labute approximate surface area is 134 Å². The molecule has 3 unspecified atom stereocenters. The number of aliphatic carboxylic acids is 1. The molecule has 0 radical (unpaired) electrons. The van der Waals surface area contributed by atoms with Crippen LogP contribution < -0.4 is 0 Å². The van der Waals surface area contributed by atoms with Crippen LogP contribution in [0.25, 0.3) is 0 Å². The highest BCUT2D eigenvalue weighted by Crippen LogP contribution is 2.32. The standard InChI is InChI=1S/C17H21F2NO3/c1-10(14-9-13(18)6-7-15(14)19)20(2)16(21)11-4-3-5-12(8-11)17(22)23/h6-7,9-12H,3-5,8H2,1-2H3,(H,22,23). The number of rotatable bonds is 4. The predicted octanol–water partition coefficient (Wildman–Crippen LogP) is 3.38. The van der Waals surface area contributed by atoms with Gasteiger partial charge in [-0.05, 0) is 44.4 Å². The summed E-state index contributed by atoms with van der Waals surface area (Å²) in [6.45, 7) is 1.63. The number of carbonyl (C=O) groups excluding carboxylic acids is 1. The maximum absolute atomic E-state index is 13.9. The summed E-state index contributed by atoms with van der Waals surface area (Å²) in [5.41, 5.74) is 0.117. The molecule has 2 rings (SSSR count). The first-order valence-electron chi connectivity index (χ1n) is 7.75. The van der Waals surface area contributed by atoms with Gasteiger partial charge in [-0.1, -0.05) is 6.42 Å². The molecule has 4 nitrogen and oxygen atoms in total. The molecule has 1 fully saturated rings. The van der Waals surface area contributed by atoms with Crippen molar-refractivity contribution >= 4 is 11.9 Å². The van der Waals surface area contributed by atoms with E-state index in [-0.39, 0.29) is 17.4 Å². The van der Waals surface area contributed by atoms with Crippen molar-refractivity contribution in [3.8, 4) is 0 Å². The third-order valence-electron chi connectivity index (χ3n) is 4.71.